The molecule has 2 aliphatic rings. The number of hydrogen-bond donors (Lipinski definition) is 0. The number of fused-ring (bicyclic) bond motifs is 1. The summed E-state index contributed by atoms with van der Waals surface area (Å²) in [6.07, 6.45) is 4.94. The van der Waals surface area contributed by atoms with Crippen LogP contribution in [-0.2, 0) is 16.0 Å². The van der Waals surface area contributed by atoms with Crippen LogP contribution in [0.25, 0.3) is 32.9 Å². The molecule has 0 amide bonds. The van der Waals surface area contributed by atoms with E-state index in [1.165, 1.54) is 11.5 Å². The fourth-order valence-electron chi connectivity index (χ4n) is 5.01. The van der Waals surface area contributed by atoms with E-state index in [1.807, 2.05) is 22.5 Å². The molecule has 4 aromatic rings. The highest BCUT2D eigenvalue weighted by Gasteiger charge is 2.27. The van der Waals surface area contributed by atoms with Crippen LogP contribution in [0, 0.1) is 6.92 Å². The third kappa shape index (κ3) is 4.01. The first-order chi connectivity index (χ1) is 17.1. The zero-order chi connectivity index (χ0) is 23.9. The van der Waals surface area contributed by atoms with Gasteiger partial charge in [0.1, 0.15) is 17.0 Å². The van der Waals surface area contributed by atoms with Crippen molar-refractivity contribution in [3.63, 3.8) is 0 Å². The quantitative estimate of drug-likeness (QED) is 0.410. The summed E-state index contributed by atoms with van der Waals surface area (Å²) in [7, 11) is 0. The smallest absolute Gasteiger partial charge is 0.150 e. The Morgan fingerprint density at radius 3 is 2.89 bits per heavy atom. The Morgan fingerprint density at radius 1 is 1.17 bits per heavy atom. The maximum absolute atomic E-state index is 6.09. The second-order valence-electron chi connectivity index (χ2n) is 9.23. The molecule has 0 aromatic carbocycles. The van der Waals surface area contributed by atoms with Crippen molar-refractivity contribution in [1.82, 2.24) is 34.1 Å². The van der Waals surface area contributed by atoms with Gasteiger partial charge in [-0.3, -0.25) is 0 Å². The van der Waals surface area contributed by atoms with Crippen LogP contribution >= 0.6 is 11.5 Å². The van der Waals surface area contributed by atoms with Gasteiger partial charge in [-0.2, -0.15) is 9.47 Å². The van der Waals surface area contributed by atoms with Crippen molar-refractivity contribution in [2.45, 2.75) is 58.8 Å². The third-order valence-electron chi connectivity index (χ3n) is 6.80. The number of ether oxygens (including phenoxy) is 2. The SMILES string of the molecule is CCn1nncc1-c1cc(N2CCOCC2C)nc2c(-c3cc(C)nn3C3CCCCO3)nsc12. The zero-order valence-electron chi connectivity index (χ0n) is 20.3. The molecule has 11 heteroatoms. The van der Waals surface area contributed by atoms with Gasteiger partial charge in [-0.1, -0.05) is 5.21 Å². The number of aromatic nitrogens is 7. The molecule has 2 aliphatic heterocycles. The molecule has 10 nitrogen and oxygen atoms in total. The average Bonchev–Trinajstić information content (AvgIpc) is 3.62. The topological polar surface area (TPSA) is 96.0 Å². The highest BCUT2D eigenvalue weighted by molar-refractivity contribution is 7.14. The van der Waals surface area contributed by atoms with Crippen LogP contribution < -0.4 is 4.90 Å². The lowest BCUT2D eigenvalue weighted by molar-refractivity contribution is -0.0385. The minimum absolute atomic E-state index is 0.0724. The van der Waals surface area contributed by atoms with Gasteiger partial charge in [-0.15, -0.1) is 5.10 Å². The second kappa shape index (κ2) is 9.29. The molecular formula is C24H30N8O2S. The van der Waals surface area contributed by atoms with Gasteiger partial charge < -0.3 is 14.4 Å². The Hall–Kier alpha value is -2.89. The molecule has 0 bridgehead atoms. The lowest BCUT2D eigenvalue weighted by atomic mass is 10.1. The molecule has 0 spiro atoms. The molecule has 6 heterocycles. The fourth-order valence-corrected chi connectivity index (χ4v) is 5.86. The Morgan fingerprint density at radius 2 is 2.09 bits per heavy atom. The van der Waals surface area contributed by atoms with E-state index < -0.39 is 0 Å². The summed E-state index contributed by atoms with van der Waals surface area (Å²) in [5.74, 6) is 0.922. The first kappa shape index (κ1) is 22.6. The number of hydrogen-bond acceptors (Lipinski definition) is 9. The zero-order valence-corrected chi connectivity index (χ0v) is 21.2. The summed E-state index contributed by atoms with van der Waals surface area (Å²) in [5, 5.41) is 13.3. The van der Waals surface area contributed by atoms with E-state index in [4.69, 9.17) is 23.9 Å². The fraction of sp³-hybridized carbons (Fsp3) is 0.542. The van der Waals surface area contributed by atoms with E-state index in [0.29, 0.717) is 13.2 Å². The number of anilines is 1. The predicted molar refractivity (Wildman–Crippen MR) is 135 cm³/mol. The number of morpholine rings is 1. The van der Waals surface area contributed by atoms with Crippen LogP contribution in [0.15, 0.2) is 18.3 Å². The molecule has 6 rings (SSSR count). The van der Waals surface area contributed by atoms with Crippen LogP contribution in [0.3, 0.4) is 0 Å². The van der Waals surface area contributed by atoms with Crippen molar-refractivity contribution in [3.05, 3.63) is 24.0 Å². The number of nitrogens with zero attached hydrogens (tertiary/aromatic N) is 8. The molecule has 0 radical (unpaired) electrons. The molecule has 2 fully saturated rings. The van der Waals surface area contributed by atoms with Gasteiger partial charge in [0.2, 0.25) is 0 Å². The molecule has 4 aromatic heterocycles. The first-order valence-electron chi connectivity index (χ1n) is 12.4. The van der Waals surface area contributed by atoms with E-state index in [9.17, 15) is 0 Å². The van der Waals surface area contributed by atoms with Crippen molar-refractivity contribution in [1.29, 1.82) is 0 Å². The van der Waals surface area contributed by atoms with Gasteiger partial charge in [0.15, 0.2) is 6.23 Å². The summed E-state index contributed by atoms with van der Waals surface area (Å²) >= 11 is 1.47. The van der Waals surface area contributed by atoms with Gasteiger partial charge in [-0.25, -0.2) is 14.3 Å². The third-order valence-corrected chi connectivity index (χ3v) is 7.67. The molecule has 35 heavy (non-hydrogen) atoms. The largest absolute Gasteiger partial charge is 0.377 e. The lowest BCUT2D eigenvalue weighted by Crippen LogP contribution is -2.44. The molecule has 0 aliphatic carbocycles. The van der Waals surface area contributed by atoms with Crippen molar-refractivity contribution in [2.75, 3.05) is 31.3 Å². The van der Waals surface area contributed by atoms with Crippen LogP contribution in [0.1, 0.15) is 45.0 Å². The second-order valence-corrected chi connectivity index (χ2v) is 10.00. The minimum Gasteiger partial charge on any atom is -0.377 e. The van der Waals surface area contributed by atoms with E-state index in [2.05, 4.69) is 41.2 Å². The van der Waals surface area contributed by atoms with Crippen molar-refractivity contribution < 1.29 is 9.47 Å². The molecule has 184 valence electrons. The minimum atomic E-state index is -0.0724. The van der Waals surface area contributed by atoms with E-state index in [-0.39, 0.29) is 12.3 Å². The van der Waals surface area contributed by atoms with Crippen molar-refractivity contribution >= 4 is 27.6 Å². The maximum Gasteiger partial charge on any atom is 0.150 e. The normalized spacial score (nSPS) is 21.2. The summed E-state index contributed by atoms with van der Waals surface area (Å²) in [4.78, 5) is 7.51. The van der Waals surface area contributed by atoms with E-state index in [1.54, 1.807) is 0 Å². The molecule has 2 saturated heterocycles. The Bertz CT molecular complexity index is 1340. The summed E-state index contributed by atoms with van der Waals surface area (Å²) in [5.41, 5.74) is 5.64. The highest BCUT2D eigenvalue weighted by Crippen LogP contribution is 2.40. The average molecular weight is 495 g/mol. The monoisotopic (exact) mass is 494 g/mol. The molecule has 2 unspecified atom stereocenters. The van der Waals surface area contributed by atoms with E-state index in [0.717, 1.165) is 83.3 Å². The van der Waals surface area contributed by atoms with Crippen LogP contribution in [0.2, 0.25) is 0 Å². The summed E-state index contributed by atoms with van der Waals surface area (Å²) in [6, 6.07) is 4.48. The van der Waals surface area contributed by atoms with Gasteiger partial charge in [0.05, 0.1) is 47.2 Å². The first-order valence-corrected chi connectivity index (χ1v) is 13.1. The standard InChI is InChI=1S/C24H30N8O2S/c1-4-31-19(13-25-29-31)17-12-20(30-8-10-33-14-16(30)3)26-23-22(28-35-24(17)23)18-11-15(2)27-32(18)21-7-5-6-9-34-21/h11-13,16,21H,4-10,14H2,1-3H3. The van der Waals surface area contributed by atoms with E-state index >= 15 is 0 Å². The Balaban J connectivity index is 1.55. The van der Waals surface area contributed by atoms with Crippen LogP contribution in [-0.4, -0.2) is 66.5 Å². The van der Waals surface area contributed by atoms with Gasteiger partial charge >= 0.3 is 0 Å². The molecule has 0 saturated carbocycles. The van der Waals surface area contributed by atoms with Gasteiger partial charge in [0, 0.05) is 25.3 Å². The summed E-state index contributed by atoms with van der Waals surface area (Å²) < 4.78 is 21.7. The number of pyridine rings is 1. The lowest BCUT2D eigenvalue weighted by Gasteiger charge is -2.34. The van der Waals surface area contributed by atoms with Crippen LogP contribution in [0.4, 0.5) is 5.82 Å². The molecule has 2 atom stereocenters. The Labute approximate surface area is 208 Å². The van der Waals surface area contributed by atoms with Crippen LogP contribution in [0.5, 0.6) is 0 Å². The van der Waals surface area contributed by atoms with Crippen molar-refractivity contribution in [3.8, 4) is 22.6 Å². The number of rotatable bonds is 5. The van der Waals surface area contributed by atoms with Gasteiger partial charge in [-0.05, 0) is 63.7 Å². The van der Waals surface area contributed by atoms with Gasteiger partial charge in [0.25, 0.3) is 0 Å². The number of aryl methyl sites for hydroxylation is 2. The maximum atomic E-state index is 6.09. The highest BCUT2D eigenvalue weighted by atomic mass is 32.1. The molecule has 0 N–H and O–H groups in total. The van der Waals surface area contributed by atoms with Crippen molar-refractivity contribution in [2.24, 2.45) is 0 Å². The summed E-state index contributed by atoms with van der Waals surface area (Å²) in [6.45, 7) is 9.93. The predicted octanol–water partition coefficient (Wildman–Crippen LogP) is 4.07. The molecular weight excluding hydrogens is 464 g/mol. The Kier molecular flexibility index (Phi) is 5.99.